The molecule has 2 heteroatoms. The SMILES string of the molecule is CCNC(Cc1ccoc1)C1(c2ccccc2)CC1. The van der Waals surface area contributed by atoms with Gasteiger partial charge in [-0.1, -0.05) is 37.3 Å². The molecule has 1 aromatic heterocycles. The van der Waals surface area contributed by atoms with Gasteiger partial charge >= 0.3 is 0 Å². The molecule has 1 aliphatic carbocycles. The second-order valence-electron chi connectivity index (χ2n) is 5.47. The fourth-order valence-electron chi connectivity index (χ4n) is 3.10. The molecule has 1 atom stereocenters. The van der Waals surface area contributed by atoms with E-state index in [0.29, 0.717) is 11.5 Å². The number of furan rings is 1. The van der Waals surface area contributed by atoms with Gasteiger partial charge in [0.25, 0.3) is 0 Å². The number of nitrogens with one attached hydrogen (secondary N) is 1. The lowest BCUT2D eigenvalue weighted by atomic mass is 9.85. The van der Waals surface area contributed by atoms with Crippen LogP contribution in [0.4, 0.5) is 0 Å². The van der Waals surface area contributed by atoms with Crippen LogP contribution in [-0.2, 0) is 11.8 Å². The van der Waals surface area contributed by atoms with Gasteiger partial charge < -0.3 is 9.73 Å². The van der Waals surface area contributed by atoms with Crippen LogP contribution in [0, 0.1) is 0 Å². The summed E-state index contributed by atoms with van der Waals surface area (Å²) in [5.41, 5.74) is 3.09. The van der Waals surface area contributed by atoms with E-state index in [4.69, 9.17) is 4.42 Å². The minimum Gasteiger partial charge on any atom is -0.472 e. The van der Waals surface area contributed by atoms with Crippen molar-refractivity contribution < 1.29 is 4.42 Å². The van der Waals surface area contributed by atoms with Crippen molar-refractivity contribution in [3.05, 3.63) is 60.1 Å². The highest BCUT2D eigenvalue weighted by atomic mass is 16.3. The average Bonchev–Trinajstić information content (AvgIpc) is 3.11. The van der Waals surface area contributed by atoms with Crippen molar-refractivity contribution in [1.29, 1.82) is 0 Å². The number of likely N-dealkylation sites (N-methyl/N-ethyl adjacent to an activating group) is 1. The summed E-state index contributed by atoms with van der Waals surface area (Å²) in [6.07, 6.45) is 7.24. The molecule has 1 aliphatic rings. The molecule has 19 heavy (non-hydrogen) atoms. The van der Waals surface area contributed by atoms with E-state index in [0.717, 1.165) is 13.0 Å². The largest absolute Gasteiger partial charge is 0.472 e. The third-order valence-corrected chi connectivity index (χ3v) is 4.27. The van der Waals surface area contributed by atoms with Crippen LogP contribution < -0.4 is 5.32 Å². The molecular weight excluding hydrogens is 234 g/mol. The fraction of sp³-hybridized carbons (Fsp3) is 0.412. The summed E-state index contributed by atoms with van der Waals surface area (Å²) in [5, 5.41) is 3.68. The molecule has 0 saturated heterocycles. The Bertz CT molecular complexity index is 499. The Morgan fingerprint density at radius 3 is 2.58 bits per heavy atom. The summed E-state index contributed by atoms with van der Waals surface area (Å²) in [6.45, 7) is 3.19. The number of rotatable bonds is 6. The Morgan fingerprint density at radius 2 is 2.00 bits per heavy atom. The lowest BCUT2D eigenvalue weighted by Gasteiger charge is -2.28. The van der Waals surface area contributed by atoms with E-state index in [1.165, 1.54) is 24.0 Å². The van der Waals surface area contributed by atoms with E-state index in [1.807, 2.05) is 6.26 Å². The van der Waals surface area contributed by atoms with Crippen LogP contribution in [0.15, 0.2) is 53.3 Å². The van der Waals surface area contributed by atoms with Crippen LogP contribution in [0.5, 0.6) is 0 Å². The minimum atomic E-state index is 0.328. The van der Waals surface area contributed by atoms with E-state index in [2.05, 4.69) is 48.6 Å². The summed E-state index contributed by atoms with van der Waals surface area (Å²) >= 11 is 0. The first-order valence-electron chi connectivity index (χ1n) is 7.15. The highest BCUT2D eigenvalue weighted by molar-refractivity contribution is 5.34. The molecule has 100 valence electrons. The van der Waals surface area contributed by atoms with E-state index >= 15 is 0 Å². The summed E-state index contributed by atoms with van der Waals surface area (Å²) in [7, 11) is 0. The summed E-state index contributed by atoms with van der Waals surface area (Å²) < 4.78 is 5.20. The van der Waals surface area contributed by atoms with Gasteiger partial charge in [-0.05, 0) is 43.0 Å². The van der Waals surface area contributed by atoms with Crippen LogP contribution >= 0.6 is 0 Å². The molecule has 1 N–H and O–H groups in total. The Labute approximate surface area is 114 Å². The first-order valence-corrected chi connectivity index (χ1v) is 7.15. The van der Waals surface area contributed by atoms with E-state index < -0.39 is 0 Å². The molecule has 0 bridgehead atoms. The van der Waals surface area contributed by atoms with Crippen molar-refractivity contribution in [2.45, 2.75) is 37.6 Å². The second-order valence-corrected chi connectivity index (χ2v) is 5.47. The predicted molar refractivity (Wildman–Crippen MR) is 77.2 cm³/mol. The monoisotopic (exact) mass is 255 g/mol. The predicted octanol–water partition coefficient (Wildman–Crippen LogP) is 3.53. The standard InChI is InChI=1S/C17H21NO/c1-2-18-16(12-14-8-11-19-13-14)17(9-10-17)15-6-4-3-5-7-15/h3-8,11,13,16,18H,2,9-10,12H2,1H3. The molecule has 1 saturated carbocycles. The van der Waals surface area contributed by atoms with Gasteiger partial charge in [-0.25, -0.2) is 0 Å². The molecule has 3 rings (SSSR count). The van der Waals surface area contributed by atoms with Gasteiger partial charge in [0.15, 0.2) is 0 Å². The highest BCUT2D eigenvalue weighted by Crippen LogP contribution is 2.51. The fourth-order valence-corrected chi connectivity index (χ4v) is 3.10. The zero-order valence-electron chi connectivity index (χ0n) is 11.4. The lowest BCUT2D eigenvalue weighted by molar-refractivity contribution is 0.419. The molecule has 0 radical (unpaired) electrons. The third kappa shape index (κ3) is 2.45. The van der Waals surface area contributed by atoms with Crippen molar-refractivity contribution in [3.63, 3.8) is 0 Å². The van der Waals surface area contributed by atoms with Crippen molar-refractivity contribution >= 4 is 0 Å². The maximum absolute atomic E-state index is 5.20. The quantitative estimate of drug-likeness (QED) is 0.854. The van der Waals surface area contributed by atoms with E-state index in [1.54, 1.807) is 6.26 Å². The molecule has 0 aliphatic heterocycles. The van der Waals surface area contributed by atoms with Gasteiger partial charge in [0.05, 0.1) is 12.5 Å². The molecule has 0 spiro atoms. The maximum atomic E-state index is 5.20. The molecule has 1 fully saturated rings. The van der Waals surface area contributed by atoms with Gasteiger partial charge in [0.2, 0.25) is 0 Å². The normalized spacial score (nSPS) is 18.2. The van der Waals surface area contributed by atoms with Crippen molar-refractivity contribution in [3.8, 4) is 0 Å². The summed E-state index contributed by atoms with van der Waals surface area (Å²) in [4.78, 5) is 0. The van der Waals surface area contributed by atoms with Crippen molar-refractivity contribution in [1.82, 2.24) is 5.32 Å². The van der Waals surface area contributed by atoms with Gasteiger partial charge in [-0.15, -0.1) is 0 Å². The molecule has 1 aromatic carbocycles. The third-order valence-electron chi connectivity index (χ3n) is 4.27. The molecule has 1 heterocycles. The molecule has 0 amide bonds. The Balaban J connectivity index is 1.83. The topological polar surface area (TPSA) is 25.2 Å². The molecule has 2 aromatic rings. The lowest BCUT2D eigenvalue weighted by Crippen LogP contribution is -2.41. The Hall–Kier alpha value is -1.54. The van der Waals surface area contributed by atoms with Crippen LogP contribution in [-0.4, -0.2) is 12.6 Å². The van der Waals surface area contributed by atoms with Crippen LogP contribution in [0.2, 0.25) is 0 Å². The molecule has 2 nitrogen and oxygen atoms in total. The number of hydrogen-bond donors (Lipinski definition) is 1. The zero-order valence-corrected chi connectivity index (χ0v) is 11.4. The number of hydrogen-bond acceptors (Lipinski definition) is 2. The minimum absolute atomic E-state index is 0.328. The van der Waals surface area contributed by atoms with Crippen LogP contribution in [0.3, 0.4) is 0 Å². The number of benzene rings is 1. The highest BCUT2D eigenvalue weighted by Gasteiger charge is 2.50. The van der Waals surface area contributed by atoms with Crippen LogP contribution in [0.1, 0.15) is 30.9 Å². The second kappa shape index (κ2) is 5.22. The smallest absolute Gasteiger partial charge is 0.0935 e. The first-order chi connectivity index (χ1) is 9.35. The Morgan fingerprint density at radius 1 is 1.21 bits per heavy atom. The van der Waals surface area contributed by atoms with E-state index in [-0.39, 0.29) is 0 Å². The first kappa shape index (κ1) is 12.5. The molecular formula is C17H21NO. The van der Waals surface area contributed by atoms with Gasteiger partial charge in [0.1, 0.15) is 0 Å². The van der Waals surface area contributed by atoms with Gasteiger partial charge in [0, 0.05) is 11.5 Å². The van der Waals surface area contributed by atoms with Crippen molar-refractivity contribution in [2.75, 3.05) is 6.54 Å². The van der Waals surface area contributed by atoms with Crippen molar-refractivity contribution in [2.24, 2.45) is 0 Å². The average molecular weight is 255 g/mol. The summed E-state index contributed by atoms with van der Waals surface area (Å²) in [5.74, 6) is 0. The molecule has 1 unspecified atom stereocenters. The Kier molecular flexibility index (Phi) is 3.43. The maximum Gasteiger partial charge on any atom is 0.0935 e. The van der Waals surface area contributed by atoms with Crippen LogP contribution in [0.25, 0.3) is 0 Å². The zero-order chi connectivity index (χ0) is 13.1. The van der Waals surface area contributed by atoms with E-state index in [9.17, 15) is 0 Å². The van der Waals surface area contributed by atoms with Gasteiger partial charge in [-0.2, -0.15) is 0 Å². The summed E-state index contributed by atoms with van der Waals surface area (Å²) in [6, 6.07) is 13.5. The van der Waals surface area contributed by atoms with Gasteiger partial charge in [-0.3, -0.25) is 0 Å².